The van der Waals surface area contributed by atoms with E-state index >= 15 is 0 Å². The maximum Gasteiger partial charge on any atom is 0.216 e. The molecule has 0 aliphatic carbocycles. The van der Waals surface area contributed by atoms with Gasteiger partial charge >= 0.3 is 0 Å². The van der Waals surface area contributed by atoms with E-state index in [1.165, 1.54) is 32.6 Å². The second-order valence-corrected chi connectivity index (χ2v) is 8.25. The fraction of sp³-hybridized carbons (Fsp3) is 0.0357. The van der Waals surface area contributed by atoms with Crippen LogP contribution in [-0.2, 0) is 7.05 Å². The molecule has 0 radical (unpaired) electrons. The van der Waals surface area contributed by atoms with Crippen molar-refractivity contribution in [3.05, 3.63) is 103 Å². The van der Waals surface area contributed by atoms with Crippen molar-refractivity contribution in [3.63, 3.8) is 0 Å². The molecule has 7 aromatic rings. The first-order valence-electron chi connectivity index (χ1n) is 10.8. The third-order valence-corrected chi connectivity index (χ3v) is 6.43. The molecule has 152 valence electrons. The first-order chi connectivity index (χ1) is 15.8. The van der Waals surface area contributed by atoms with Crippen molar-refractivity contribution >= 4 is 43.6 Å². The minimum atomic E-state index is 0.902. The van der Waals surface area contributed by atoms with Gasteiger partial charge in [0, 0.05) is 28.6 Å². The van der Waals surface area contributed by atoms with Crippen molar-refractivity contribution in [3.8, 4) is 11.8 Å². The number of imidazole rings is 1. The Morgan fingerprint density at radius 3 is 1.31 bits per heavy atom. The van der Waals surface area contributed by atoms with Crippen LogP contribution in [0.1, 0.15) is 0 Å². The van der Waals surface area contributed by atoms with E-state index in [0.29, 0.717) is 0 Å². The zero-order chi connectivity index (χ0) is 21.2. The average molecular weight is 412 g/mol. The number of para-hydroxylation sites is 4. The smallest absolute Gasteiger partial charge is 0.216 e. The largest absolute Gasteiger partial charge is 0.318 e. The molecule has 0 bridgehead atoms. The van der Waals surface area contributed by atoms with Gasteiger partial charge in [-0.3, -0.25) is 9.13 Å². The summed E-state index contributed by atoms with van der Waals surface area (Å²) >= 11 is 0. The Balaban J connectivity index is 1.56. The van der Waals surface area contributed by atoms with Crippen molar-refractivity contribution in [1.29, 1.82) is 0 Å². The third-order valence-electron chi connectivity index (χ3n) is 6.43. The van der Waals surface area contributed by atoms with Crippen LogP contribution in [0.2, 0.25) is 0 Å². The van der Waals surface area contributed by atoms with Gasteiger partial charge in [0.05, 0.1) is 28.3 Å². The molecule has 0 aliphatic rings. The standard InChI is InChI=1S/C28H20N4/c1-30-18-27(31-23-14-6-2-10-19(23)20-11-3-7-15-24(20)31)29-28(30)32-25-16-8-4-12-21(25)22-13-5-9-17-26(22)32/h2-18H,1H3. The molecule has 0 amide bonds. The normalized spacial score (nSPS) is 11.9. The second kappa shape index (κ2) is 6.34. The fourth-order valence-electron chi connectivity index (χ4n) is 5.06. The molecule has 3 heterocycles. The van der Waals surface area contributed by atoms with E-state index in [1.807, 2.05) is 0 Å². The molecule has 4 nitrogen and oxygen atoms in total. The summed E-state index contributed by atoms with van der Waals surface area (Å²) in [4.78, 5) is 5.18. The summed E-state index contributed by atoms with van der Waals surface area (Å²) in [6, 6.07) is 34.2. The SMILES string of the molecule is Cn1cc(-n2c3ccccc3c3ccccc32)nc1-n1c2ccccc2c2ccccc21. The summed E-state index contributed by atoms with van der Waals surface area (Å²) in [6.07, 6.45) is 2.12. The van der Waals surface area contributed by atoms with Gasteiger partial charge in [0.15, 0.2) is 5.82 Å². The van der Waals surface area contributed by atoms with Crippen LogP contribution in [0.3, 0.4) is 0 Å². The van der Waals surface area contributed by atoms with E-state index in [9.17, 15) is 0 Å². The molecule has 32 heavy (non-hydrogen) atoms. The van der Waals surface area contributed by atoms with E-state index in [1.54, 1.807) is 0 Å². The van der Waals surface area contributed by atoms with Crippen LogP contribution in [0.4, 0.5) is 0 Å². The average Bonchev–Trinajstić information content (AvgIpc) is 3.48. The Morgan fingerprint density at radius 1 is 0.500 bits per heavy atom. The summed E-state index contributed by atoms with van der Waals surface area (Å²) in [5, 5.41) is 4.97. The molecule has 0 unspecified atom stereocenters. The number of aryl methyl sites for hydroxylation is 1. The van der Waals surface area contributed by atoms with Gasteiger partial charge in [-0.05, 0) is 24.3 Å². The predicted molar refractivity (Wildman–Crippen MR) is 132 cm³/mol. The van der Waals surface area contributed by atoms with Gasteiger partial charge in [-0.25, -0.2) is 0 Å². The molecule has 0 spiro atoms. The number of hydrogen-bond acceptors (Lipinski definition) is 1. The lowest BCUT2D eigenvalue weighted by atomic mass is 10.2. The number of nitrogens with zero attached hydrogens (tertiary/aromatic N) is 4. The number of hydrogen-bond donors (Lipinski definition) is 0. The Bertz CT molecular complexity index is 1690. The van der Waals surface area contributed by atoms with Gasteiger partial charge in [0.2, 0.25) is 5.95 Å². The monoisotopic (exact) mass is 412 g/mol. The zero-order valence-corrected chi connectivity index (χ0v) is 17.6. The maximum absolute atomic E-state index is 5.18. The van der Waals surface area contributed by atoms with E-state index in [0.717, 1.165) is 22.8 Å². The lowest BCUT2D eigenvalue weighted by molar-refractivity contribution is 0.846. The van der Waals surface area contributed by atoms with E-state index < -0.39 is 0 Å². The van der Waals surface area contributed by atoms with E-state index in [-0.39, 0.29) is 0 Å². The highest BCUT2D eigenvalue weighted by molar-refractivity contribution is 6.10. The van der Waals surface area contributed by atoms with Gasteiger partial charge in [-0.2, -0.15) is 4.98 Å². The lowest BCUT2D eigenvalue weighted by Gasteiger charge is -2.06. The number of aromatic nitrogens is 4. The van der Waals surface area contributed by atoms with Crippen molar-refractivity contribution < 1.29 is 0 Å². The summed E-state index contributed by atoms with van der Waals surface area (Å²) in [6.45, 7) is 0. The molecule has 7 rings (SSSR count). The van der Waals surface area contributed by atoms with Crippen LogP contribution in [0.25, 0.3) is 55.4 Å². The fourth-order valence-corrected chi connectivity index (χ4v) is 5.06. The molecule has 0 fully saturated rings. The minimum absolute atomic E-state index is 0.902. The lowest BCUT2D eigenvalue weighted by Crippen LogP contribution is -2.02. The van der Waals surface area contributed by atoms with Gasteiger partial charge in [-0.1, -0.05) is 72.8 Å². The Labute approximate surface area is 184 Å². The molecule has 0 aliphatic heterocycles. The van der Waals surface area contributed by atoms with Crippen LogP contribution in [0, 0.1) is 0 Å². The predicted octanol–water partition coefficient (Wildman–Crippen LogP) is 6.61. The highest BCUT2D eigenvalue weighted by Gasteiger charge is 2.18. The molecular weight excluding hydrogens is 392 g/mol. The molecular formula is C28H20N4. The van der Waals surface area contributed by atoms with Crippen molar-refractivity contribution in [1.82, 2.24) is 18.7 Å². The number of benzene rings is 4. The van der Waals surface area contributed by atoms with Gasteiger partial charge in [0.25, 0.3) is 0 Å². The van der Waals surface area contributed by atoms with Crippen molar-refractivity contribution in [2.24, 2.45) is 7.05 Å². The topological polar surface area (TPSA) is 27.7 Å². The Morgan fingerprint density at radius 2 is 0.875 bits per heavy atom. The molecule has 0 N–H and O–H groups in total. The summed E-state index contributed by atoms with van der Waals surface area (Å²) in [5.74, 6) is 1.82. The zero-order valence-electron chi connectivity index (χ0n) is 17.6. The summed E-state index contributed by atoms with van der Waals surface area (Å²) in [7, 11) is 2.07. The van der Waals surface area contributed by atoms with E-state index in [2.05, 4.69) is 124 Å². The molecule has 4 aromatic carbocycles. The Hall–Kier alpha value is -4.31. The highest BCUT2D eigenvalue weighted by Crippen LogP contribution is 2.34. The van der Waals surface area contributed by atoms with Crippen molar-refractivity contribution in [2.45, 2.75) is 0 Å². The van der Waals surface area contributed by atoms with Crippen LogP contribution >= 0.6 is 0 Å². The molecule has 0 saturated carbocycles. The van der Waals surface area contributed by atoms with Gasteiger partial charge < -0.3 is 4.57 Å². The third kappa shape index (κ3) is 2.24. The molecule has 4 heteroatoms. The van der Waals surface area contributed by atoms with Crippen molar-refractivity contribution in [2.75, 3.05) is 0 Å². The quantitative estimate of drug-likeness (QED) is 0.314. The first-order valence-corrected chi connectivity index (χ1v) is 10.8. The van der Waals surface area contributed by atoms with Crippen LogP contribution in [0.15, 0.2) is 103 Å². The van der Waals surface area contributed by atoms with Crippen LogP contribution < -0.4 is 0 Å². The van der Waals surface area contributed by atoms with Gasteiger partial charge in [0.1, 0.15) is 0 Å². The maximum atomic E-state index is 5.18. The highest BCUT2D eigenvalue weighted by atomic mass is 15.3. The summed E-state index contributed by atoms with van der Waals surface area (Å²) < 4.78 is 6.65. The molecule has 3 aromatic heterocycles. The van der Waals surface area contributed by atoms with Crippen LogP contribution in [0.5, 0.6) is 0 Å². The second-order valence-electron chi connectivity index (χ2n) is 8.25. The van der Waals surface area contributed by atoms with Gasteiger partial charge in [-0.15, -0.1) is 0 Å². The Kier molecular flexibility index (Phi) is 3.45. The molecule has 0 saturated heterocycles. The number of rotatable bonds is 2. The number of fused-ring (bicyclic) bond motifs is 6. The molecule has 0 atom stereocenters. The first kappa shape index (κ1) is 17.4. The van der Waals surface area contributed by atoms with E-state index in [4.69, 9.17) is 4.98 Å². The summed E-state index contributed by atoms with van der Waals surface area (Å²) in [5.41, 5.74) is 4.66. The van der Waals surface area contributed by atoms with Crippen LogP contribution in [-0.4, -0.2) is 18.7 Å². The minimum Gasteiger partial charge on any atom is -0.318 e.